The second-order valence-corrected chi connectivity index (χ2v) is 9.31. The summed E-state index contributed by atoms with van der Waals surface area (Å²) in [5, 5.41) is 42.3. The molecule has 148 valence electrons. The molecule has 0 spiro atoms. The van der Waals surface area contributed by atoms with Gasteiger partial charge in [0, 0.05) is 16.7 Å². The molecule has 0 heterocycles. The maximum Gasteiger partial charge on any atom is 0.192 e. The van der Waals surface area contributed by atoms with Crippen LogP contribution in [0.15, 0.2) is 23.8 Å². The molecule has 27 heavy (non-hydrogen) atoms. The number of Topliss-reactive ketones (excluding diaryl/α,β-unsaturated/α-hetero) is 1. The van der Waals surface area contributed by atoms with Crippen molar-refractivity contribution in [2.45, 2.75) is 57.3 Å². The van der Waals surface area contributed by atoms with Crippen LogP contribution >= 0.6 is 0 Å². The number of rotatable bonds is 2. The molecule has 0 saturated heterocycles. The molecule has 4 rings (SSSR count). The Labute approximate surface area is 158 Å². The van der Waals surface area contributed by atoms with E-state index in [-0.39, 0.29) is 36.4 Å². The predicted octanol–water partition coefficient (Wildman–Crippen LogP) is 0.528. The van der Waals surface area contributed by atoms with Crippen molar-refractivity contribution in [2.24, 2.45) is 28.6 Å². The van der Waals surface area contributed by atoms with Gasteiger partial charge in [-0.15, -0.1) is 0 Å². The first-order valence-corrected chi connectivity index (χ1v) is 9.76. The molecule has 0 amide bonds. The number of hydrogen-bond donors (Lipinski definition) is 4. The highest BCUT2D eigenvalue weighted by Gasteiger charge is 2.71. The third-order valence-corrected chi connectivity index (χ3v) is 8.28. The molecule has 4 aliphatic rings. The summed E-state index contributed by atoms with van der Waals surface area (Å²) in [5.41, 5.74) is -2.46. The number of fused-ring (bicyclic) bond motifs is 5. The molecule has 3 saturated carbocycles. The van der Waals surface area contributed by atoms with E-state index in [0.717, 1.165) is 18.4 Å². The van der Waals surface area contributed by atoms with Crippen molar-refractivity contribution in [3.05, 3.63) is 23.8 Å². The minimum absolute atomic E-state index is 0.00826. The van der Waals surface area contributed by atoms with Crippen LogP contribution in [0.5, 0.6) is 0 Å². The molecule has 3 fully saturated rings. The number of aliphatic hydroxyl groups is 4. The van der Waals surface area contributed by atoms with Gasteiger partial charge < -0.3 is 20.4 Å². The minimum Gasteiger partial charge on any atom is -0.393 e. The van der Waals surface area contributed by atoms with Crippen molar-refractivity contribution >= 4 is 11.6 Å². The summed E-state index contributed by atoms with van der Waals surface area (Å²) in [6, 6.07) is 0. The lowest BCUT2D eigenvalue weighted by atomic mass is 9.46. The summed E-state index contributed by atoms with van der Waals surface area (Å²) in [5.74, 6) is -1.09. The van der Waals surface area contributed by atoms with E-state index in [9.17, 15) is 30.0 Å². The Hall–Kier alpha value is -1.34. The number of allylic oxidation sites excluding steroid dienone is 4. The van der Waals surface area contributed by atoms with Crippen LogP contribution in [0.4, 0.5) is 0 Å². The zero-order chi connectivity index (χ0) is 19.8. The van der Waals surface area contributed by atoms with Gasteiger partial charge in [0.05, 0.1) is 12.2 Å². The summed E-state index contributed by atoms with van der Waals surface area (Å²) in [4.78, 5) is 24.2. The van der Waals surface area contributed by atoms with Crippen LogP contribution in [-0.4, -0.2) is 56.4 Å². The van der Waals surface area contributed by atoms with E-state index in [1.54, 1.807) is 19.1 Å². The SMILES string of the molecule is C[C@]12C=CC(=O)C=C1CC[C@@H]1[C@@H]2C(O)C[C@@]2(C)[C@H]1CC(O)[C@]2(O)C(=O)CO. The standard InChI is InChI=1S/C21H28O6/c1-19-6-5-12(23)7-11(19)3-4-13-14-8-16(25)21(27,17(26)10-22)20(14,2)9-15(24)18(13)19/h5-7,13-16,18,22,24-25,27H,3-4,8-10H2,1-2H3/t13-,14-,15?,16?,18+,19-,20-,21-/m0/s1. The molecule has 2 unspecified atom stereocenters. The van der Waals surface area contributed by atoms with Crippen molar-refractivity contribution in [1.29, 1.82) is 0 Å². The molecule has 0 radical (unpaired) electrons. The van der Waals surface area contributed by atoms with E-state index in [1.165, 1.54) is 0 Å². The topological polar surface area (TPSA) is 115 Å². The highest BCUT2D eigenvalue weighted by Crippen LogP contribution is 2.67. The quantitative estimate of drug-likeness (QED) is 0.559. The summed E-state index contributed by atoms with van der Waals surface area (Å²) < 4.78 is 0. The molecule has 4 aliphatic carbocycles. The summed E-state index contributed by atoms with van der Waals surface area (Å²) >= 11 is 0. The summed E-state index contributed by atoms with van der Waals surface area (Å²) in [6.45, 7) is 2.96. The van der Waals surface area contributed by atoms with Gasteiger partial charge >= 0.3 is 0 Å². The fourth-order valence-electron chi connectivity index (χ4n) is 6.96. The normalized spacial score (nSPS) is 51.3. The first kappa shape index (κ1) is 19.0. The van der Waals surface area contributed by atoms with Crippen LogP contribution in [0.25, 0.3) is 0 Å². The molecule has 6 nitrogen and oxygen atoms in total. The number of hydrogen-bond acceptors (Lipinski definition) is 6. The van der Waals surface area contributed by atoms with Crippen molar-refractivity contribution in [3.8, 4) is 0 Å². The van der Waals surface area contributed by atoms with Gasteiger partial charge in [0.15, 0.2) is 17.2 Å². The number of aliphatic hydroxyl groups excluding tert-OH is 3. The Morgan fingerprint density at radius 1 is 1.30 bits per heavy atom. The number of carbonyl (C=O) groups is 2. The average molecular weight is 376 g/mol. The zero-order valence-electron chi connectivity index (χ0n) is 15.8. The minimum atomic E-state index is -2.05. The smallest absolute Gasteiger partial charge is 0.192 e. The monoisotopic (exact) mass is 376 g/mol. The van der Waals surface area contributed by atoms with E-state index in [2.05, 4.69) is 0 Å². The lowest BCUT2D eigenvalue weighted by molar-refractivity contribution is -0.190. The van der Waals surface area contributed by atoms with Crippen LogP contribution in [0.3, 0.4) is 0 Å². The number of ketones is 2. The molecule has 0 aromatic heterocycles. The third-order valence-electron chi connectivity index (χ3n) is 8.28. The Bertz CT molecular complexity index is 756. The molecular formula is C21H28O6. The van der Waals surface area contributed by atoms with Crippen molar-refractivity contribution < 1.29 is 30.0 Å². The highest BCUT2D eigenvalue weighted by atomic mass is 16.4. The highest BCUT2D eigenvalue weighted by molar-refractivity contribution is 6.01. The second-order valence-electron chi connectivity index (χ2n) is 9.31. The van der Waals surface area contributed by atoms with Gasteiger partial charge in [-0.1, -0.05) is 25.5 Å². The fourth-order valence-corrected chi connectivity index (χ4v) is 6.96. The van der Waals surface area contributed by atoms with Crippen molar-refractivity contribution in [3.63, 3.8) is 0 Å². The molecule has 8 atom stereocenters. The molecule has 0 aliphatic heterocycles. The summed E-state index contributed by atoms with van der Waals surface area (Å²) in [6.07, 6.45) is 4.97. The van der Waals surface area contributed by atoms with Crippen molar-refractivity contribution in [1.82, 2.24) is 0 Å². The van der Waals surface area contributed by atoms with Gasteiger partial charge in [-0.25, -0.2) is 0 Å². The molecule has 6 heteroatoms. The predicted molar refractivity (Wildman–Crippen MR) is 96.4 cm³/mol. The van der Waals surface area contributed by atoms with Crippen LogP contribution in [0.2, 0.25) is 0 Å². The second kappa shape index (κ2) is 5.83. The zero-order valence-corrected chi connectivity index (χ0v) is 15.8. The van der Waals surface area contributed by atoms with E-state index in [0.29, 0.717) is 0 Å². The summed E-state index contributed by atoms with van der Waals surface area (Å²) in [7, 11) is 0. The maximum atomic E-state index is 12.4. The first-order chi connectivity index (χ1) is 12.6. The third kappa shape index (κ3) is 2.21. The Morgan fingerprint density at radius 2 is 2.00 bits per heavy atom. The molecule has 0 aromatic rings. The number of carbonyl (C=O) groups excluding carboxylic acids is 2. The van der Waals surface area contributed by atoms with Gasteiger partial charge in [-0.3, -0.25) is 9.59 Å². The Morgan fingerprint density at radius 3 is 2.67 bits per heavy atom. The fraction of sp³-hybridized carbons (Fsp3) is 0.714. The van der Waals surface area contributed by atoms with Gasteiger partial charge in [-0.2, -0.15) is 0 Å². The van der Waals surface area contributed by atoms with Crippen LogP contribution in [0, 0.1) is 28.6 Å². The van der Waals surface area contributed by atoms with Crippen LogP contribution in [0.1, 0.15) is 39.5 Å². The lowest BCUT2D eigenvalue weighted by Crippen LogP contribution is -2.63. The molecular weight excluding hydrogens is 348 g/mol. The lowest BCUT2D eigenvalue weighted by Gasteiger charge is -2.59. The Kier molecular flexibility index (Phi) is 4.10. The van der Waals surface area contributed by atoms with Crippen molar-refractivity contribution in [2.75, 3.05) is 6.61 Å². The largest absolute Gasteiger partial charge is 0.393 e. The van der Waals surface area contributed by atoms with E-state index < -0.39 is 41.0 Å². The van der Waals surface area contributed by atoms with Gasteiger partial charge in [-0.05, 0) is 49.7 Å². The molecule has 0 aromatic carbocycles. The van der Waals surface area contributed by atoms with Crippen LogP contribution < -0.4 is 0 Å². The van der Waals surface area contributed by atoms with E-state index >= 15 is 0 Å². The van der Waals surface area contributed by atoms with Crippen LogP contribution in [-0.2, 0) is 9.59 Å². The van der Waals surface area contributed by atoms with E-state index in [1.807, 2.05) is 13.0 Å². The molecule has 0 bridgehead atoms. The van der Waals surface area contributed by atoms with Gasteiger partial charge in [0.1, 0.15) is 6.61 Å². The average Bonchev–Trinajstić information content (AvgIpc) is 2.82. The maximum absolute atomic E-state index is 12.4. The van der Waals surface area contributed by atoms with Gasteiger partial charge in [0.25, 0.3) is 0 Å². The Balaban J connectivity index is 1.78. The first-order valence-electron chi connectivity index (χ1n) is 9.76. The van der Waals surface area contributed by atoms with Gasteiger partial charge in [0.2, 0.25) is 0 Å². The molecule has 4 N–H and O–H groups in total. The van der Waals surface area contributed by atoms with E-state index in [4.69, 9.17) is 0 Å².